The lowest BCUT2D eigenvalue weighted by molar-refractivity contribution is -0.139. The lowest BCUT2D eigenvalue weighted by atomic mass is 9.95. The Morgan fingerprint density at radius 3 is 2.47 bits per heavy atom. The standard InChI is InChI=1S/C35H32BrN3O5S/c1-7-44-34(41)29-20(4)37-35-39(32(29)24-15-26(42-5)27(43-6)17-25(24)36)33(40)28(45-35)16-23-22-14-18(2)13-19(3)30(22)38-31(23)21-11-9-8-10-12-21/h8-17,32,38H,7H2,1-6H3/b28-16+/t32-/m1/s1. The first-order chi connectivity index (χ1) is 21.7. The van der Waals surface area contributed by atoms with Crippen LogP contribution in [-0.4, -0.2) is 36.3 Å². The number of aromatic amines is 1. The number of esters is 1. The molecule has 0 aliphatic carbocycles. The number of H-pyrrole nitrogens is 1. The third kappa shape index (κ3) is 5.32. The van der Waals surface area contributed by atoms with Gasteiger partial charge in [-0.2, -0.15) is 0 Å². The predicted molar refractivity (Wildman–Crippen MR) is 181 cm³/mol. The van der Waals surface area contributed by atoms with Crippen molar-refractivity contribution in [1.29, 1.82) is 0 Å². The number of benzene rings is 3. The number of fused-ring (bicyclic) bond motifs is 2. The van der Waals surface area contributed by atoms with Crippen molar-refractivity contribution in [3.05, 3.63) is 112 Å². The van der Waals surface area contributed by atoms with E-state index >= 15 is 0 Å². The average molecular weight is 687 g/mol. The molecule has 0 amide bonds. The van der Waals surface area contributed by atoms with Gasteiger partial charge in [0, 0.05) is 20.9 Å². The van der Waals surface area contributed by atoms with E-state index < -0.39 is 12.0 Å². The Balaban J connectivity index is 1.65. The van der Waals surface area contributed by atoms with Crippen LogP contribution in [-0.2, 0) is 9.53 Å². The molecule has 1 atom stereocenters. The number of nitrogens with zero attached hydrogens (tertiary/aromatic N) is 2. The van der Waals surface area contributed by atoms with Crippen LogP contribution in [0.15, 0.2) is 80.1 Å². The van der Waals surface area contributed by atoms with Gasteiger partial charge in [-0.3, -0.25) is 9.36 Å². The van der Waals surface area contributed by atoms with Crippen molar-refractivity contribution in [2.75, 3.05) is 20.8 Å². The summed E-state index contributed by atoms with van der Waals surface area (Å²) >= 11 is 4.96. The summed E-state index contributed by atoms with van der Waals surface area (Å²) in [5.74, 6) is 0.443. The lowest BCUT2D eigenvalue weighted by Gasteiger charge is -2.26. The zero-order valence-corrected chi connectivity index (χ0v) is 28.2. The Morgan fingerprint density at radius 2 is 1.78 bits per heavy atom. The number of aryl methyl sites for hydroxylation is 2. The van der Waals surface area contributed by atoms with E-state index in [-0.39, 0.29) is 17.7 Å². The number of aromatic nitrogens is 2. The van der Waals surface area contributed by atoms with E-state index in [2.05, 4.69) is 59.0 Å². The van der Waals surface area contributed by atoms with Crippen molar-refractivity contribution < 1.29 is 19.0 Å². The minimum atomic E-state index is -0.822. The minimum Gasteiger partial charge on any atom is -0.493 e. The first-order valence-corrected chi connectivity index (χ1v) is 16.1. The largest absolute Gasteiger partial charge is 0.493 e. The Hall–Kier alpha value is -4.41. The predicted octanol–water partition coefficient (Wildman–Crippen LogP) is 6.34. The number of hydrogen-bond donors (Lipinski definition) is 1. The molecule has 3 aromatic carbocycles. The average Bonchev–Trinajstić information content (AvgIpc) is 3.53. The highest BCUT2D eigenvalue weighted by molar-refractivity contribution is 9.10. The first-order valence-electron chi connectivity index (χ1n) is 14.5. The van der Waals surface area contributed by atoms with Crippen LogP contribution in [0.1, 0.15) is 42.1 Å². The molecule has 0 saturated carbocycles. The maximum absolute atomic E-state index is 14.5. The van der Waals surface area contributed by atoms with Crippen LogP contribution in [0.3, 0.4) is 0 Å². The zero-order chi connectivity index (χ0) is 32.0. The molecule has 1 N–H and O–H groups in total. The molecule has 0 saturated heterocycles. The molecular formula is C35H32BrN3O5S. The summed E-state index contributed by atoms with van der Waals surface area (Å²) < 4.78 is 19.3. The van der Waals surface area contributed by atoms with Crippen LogP contribution in [0.2, 0.25) is 0 Å². The topological polar surface area (TPSA) is 94.9 Å². The summed E-state index contributed by atoms with van der Waals surface area (Å²) in [7, 11) is 3.10. The molecule has 0 radical (unpaired) electrons. The highest BCUT2D eigenvalue weighted by Gasteiger charge is 2.35. The van der Waals surface area contributed by atoms with Crippen molar-refractivity contribution in [2.45, 2.75) is 33.7 Å². The number of allylic oxidation sites excluding steroid dienone is 1. The molecule has 2 aromatic heterocycles. The van der Waals surface area contributed by atoms with E-state index in [0.29, 0.717) is 36.6 Å². The Morgan fingerprint density at radius 1 is 1.07 bits per heavy atom. The molecular weight excluding hydrogens is 654 g/mol. The quantitative estimate of drug-likeness (QED) is 0.202. The monoisotopic (exact) mass is 685 g/mol. The Labute approximate surface area is 272 Å². The van der Waals surface area contributed by atoms with Gasteiger partial charge >= 0.3 is 5.97 Å². The highest BCUT2D eigenvalue weighted by atomic mass is 79.9. The molecule has 5 aromatic rings. The minimum absolute atomic E-state index is 0.182. The molecule has 3 heterocycles. The Bertz CT molecular complexity index is 2190. The lowest BCUT2D eigenvalue weighted by Crippen LogP contribution is -2.40. The zero-order valence-electron chi connectivity index (χ0n) is 25.8. The van der Waals surface area contributed by atoms with Gasteiger partial charge in [0.15, 0.2) is 16.3 Å². The summed E-state index contributed by atoms with van der Waals surface area (Å²) in [6, 6.07) is 17.1. The van der Waals surface area contributed by atoms with Crippen molar-refractivity contribution in [2.24, 2.45) is 4.99 Å². The molecule has 10 heteroatoms. The highest BCUT2D eigenvalue weighted by Crippen LogP contribution is 2.41. The van der Waals surface area contributed by atoms with Gasteiger partial charge in [0.05, 0.1) is 48.4 Å². The van der Waals surface area contributed by atoms with Gasteiger partial charge in [-0.15, -0.1) is 0 Å². The third-order valence-electron chi connectivity index (χ3n) is 7.94. The summed E-state index contributed by atoms with van der Waals surface area (Å²) in [5, 5.41) is 1.03. The molecule has 1 aliphatic rings. The summed E-state index contributed by atoms with van der Waals surface area (Å²) in [5.41, 5.74) is 7.26. The second-order valence-electron chi connectivity index (χ2n) is 10.8. The van der Waals surface area contributed by atoms with Crippen molar-refractivity contribution in [1.82, 2.24) is 9.55 Å². The van der Waals surface area contributed by atoms with Crippen LogP contribution < -0.4 is 24.4 Å². The van der Waals surface area contributed by atoms with Gasteiger partial charge in [0.1, 0.15) is 0 Å². The number of methoxy groups -OCH3 is 2. The van der Waals surface area contributed by atoms with Crippen LogP contribution in [0.25, 0.3) is 28.2 Å². The maximum Gasteiger partial charge on any atom is 0.338 e. The van der Waals surface area contributed by atoms with Crippen LogP contribution >= 0.6 is 27.3 Å². The molecule has 6 rings (SSSR count). The summed E-state index contributed by atoms with van der Waals surface area (Å²) in [6.45, 7) is 7.85. The number of rotatable bonds is 7. The van der Waals surface area contributed by atoms with Crippen LogP contribution in [0.5, 0.6) is 11.5 Å². The van der Waals surface area contributed by atoms with E-state index in [4.69, 9.17) is 19.2 Å². The van der Waals surface area contributed by atoms with Crippen molar-refractivity contribution in [3.63, 3.8) is 0 Å². The number of carbonyl (C=O) groups is 1. The summed E-state index contributed by atoms with van der Waals surface area (Å²) in [4.78, 5) is 36.8. The molecule has 1 aliphatic heterocycles. The van der Waals surface area contributed by atoms with Crippen molar-refractivity contribution >= 4 is 50.2 Å². The molecule has 45 heavy (non-hydrogen) atoms. The number of nitrogens with one attached hydrogen (secondary N) is 1. The third-order valence-corrected chi connectivity index (χ3v) is 9.61. The van der Waals surface area contributed by atoms with E-state index in [9.17, 15) is 9.59 Å². The molecule has 0 bridgehead atoms. The number of ether oxygens (including phenoxy) is 3. The SMILES string of the molecule is CCOC(=O)C1=C(C)N=c2s/c(=C/c3c(-c4ccccc4)[nH]c4c(C)cc(C)cc34)c(=O)n2[C@@H]1c1cc(OC)c(OC)cc1Br. The fourth-order valence-electron chi connectivity index (χ4n) is 5.95. The Kier molecular flexibility index (Phi) is 8.28. The van der Waals surface area contributed by atoms with Gasteiger partial charge in [-0.25, -0.2) is 9.79 Å². The normalized spacial score (nSPS) is 14.8. The van der Waals surface area contributed by atoms with Gasteiger partial charge in [0.2, 0.25) is 0 Å². The van der Waals surface area contributed by atoms with Gasteiger partial charge in [0.25, 0.3) is 5.56 Å². The molecule has 0 spiro atoms. The smallest absolute Gasteiger partial charge is 0.338 e. The number of carbonyl (C=O) groups excluding carboxylic acids is 1. The second kappa shape index (κ2) is 12.2. The molecule has 0 unspecified atom stereocenters. The van der Waals surface area contributed by atoms with Gasteiger partial charge in [-0.05, 0) is 68.7 Å². The fraction of sp³-hybridized carbons (Fsp3) is 0.229. The second-order valence-corrected chi connectivity index (χ2v) is 12.7. The van der Waals surface area contributed by atoms with Crippen LogP contribution in [0, 0.1) is 13.8 Å². The van der Waals surface area contributed by atoms with E-state index in [1.165, 1.54) is 11.3 Å². The molecule has 0 fully saturated rings. The molecule has 8 nitrogen and oxygen atoms in total. The number of thiazole rings is 1. The molecule has 230 valence electrons. The fourth-order valence-corrected chi connectivity index (χ4v) is 7.52. The van der Waals surface area contributed by atoms with E-state index in [0.717, 1.165) is 38.9 Å². The maximum atomic E-state index is 14.5. The number of halogens is 1. The summed E-state index contributed by atoms with van der Waals surface area (Å²) in [6.07, 6.45) is 1.94. The number of hydrogen-bond acceptors (Lipinski definition) is 7. The van der Waals surface area contributed by atoms with E-state index in [1.807, 2.05) is 24.3 Å². The van der Waals surface area contributed by atoms with Crippen LogP contribution in [0.4, 0.5) is 0 Å². The van der Waals surface area contributed by atoms with E-state index in [1.54, 1.807) is 44.8 Å². The van der Waals surface area contributed by atoms with Gasteiger partial charge in [-0.1, -0.05) is 69.2 Å². The van der Waals surface area contributed by atoms with Gasteiger partial charge < -0.3 is 19.2 Å². The first kappa shape index (κ1) is 30.6. The van der Waals surface area contributed by atoms with Crippen molar-refractivity contribution in [3.8, 4) is 22.8 Å².